The summed E-state index contributed by atoms with van der Waals surface area (Å²) < 4.78 is 5.24. The first-order valence-corrected chi connectivity index (χ1v) is 8.50. The van der Waals surface area contributed by atoms with Crippen LogP contribution in [0.4, 0.5) is 5.69 Å². The Labute approximate surface area is 142 Å². The van der Waals surface area contributed by atoms with Gasteiger partial charge in [0.1, 0.15) is 5.75 Å². The first kappa shape index (κ1) is 15.1. The molecule has 0 unspecified atom stereocenters. The number of nitrogens with zero attached hydrogens (tertiary/aromatic N) is 2. The van der Waals surface area contributed by atoms with E-state index in [0.717, 1.165) is 38.5 Å². The highest BCUT2D eigenvalue weighted by molar-refractivity contribution is 5.82. The number of piperazine rings is 1. The molecular weight excluding hydrogens is 298 g/mol. The van der Waals surface area contributed by atoms with Gasteiger partial charge in [-0.25, -0.2) is 0 Å². The van der Waals surface area contributed by atoms with Gasteiger partial charge < -0.3 is 14.6 Å². The minimum atomic E-state index is 0.914. The Morgan fingerprint density at radius 3 is 2.46 bits per heavy atom. The highest BCUT2D eigenvalue weighted by atomic mass is 16.5. The second-order valence-electron chi connectivity index (χ2n) is 6.32. The zero-order valence-corrected chi connectivity index (χ0v) is 14.0. The highest BCUT2D eigenvalue weighted by Gasteiger charge is 2.18. The molecule has 2 heterocycles. The summed E-state index contributed by atoms with van der Waals surface area (Å²) in [5.41, 5.74) is 3.90. The summed E-state index contributed by atoms with van der Waals surface area (Å²) in [4.78, 5) is 8.36. The number of anilines is 1. The molecule has 1 saturated heterocycles. The van der Waals surface area contributed by atoms with Gasteiger partial charge in [-0.2, -0.15) is 0 Å². The molecule has 3 aromatic rings. The number of nitrogens with one attached hydrogen (secondary N) is 1. The Kier molecular flexibility index (Phi) is 4.13. The Bertz CT molecular complexity index is 801. The van der Waals surface area contributed by atoms with Crippen LogP contribution in [-0.2, 0) is 6.54 Å². The van der Waals surface area contributed by atoms with Gasteiger partial charge in [-0.05, 0) is 35.9 Å². The second kappa shape index (κ2) is 6.57. The molecule has 0 spiro atoms. The van der Waals surface area contributed by atoms with Crippen LogP contribution in [0.5, 0.6) is 5.75 Å². The first-order valence-electron chi connectivity index (χ1n) is 8.50. The van der Waals surface area contributed by atoms with Crippen LogP contribution >= 0.6 is 0 Å². The normalized spacial score (nSPS) is 15.8. The van der Waals surface area contributed by atoms with E-state index in [4.69, 9.17) is 4.74 Å². The van der Waals surface area contributed by atoms with E-state index < -0.39 is 0 Å². The fraction of sp³-hybridized carbons (Fsp3) is 0.300. The van der Waals surface area contributed by atoms with E-state index in [2.05, 4.69) is 57.4 Å². The molecular formula is C20H23N3O. The lowest BCUT2D eigenvalue weighted by atomic mass is 10.1. The number of aromatic amines is 1. The van der Waals surface area contributed by atoms with Crippen molar-refractivity contribution in [2.75, 3.05) is 38.2 Å². The van der Waals surface area contributed by atoms with E-state index in [9.17, 15) is 0 Å². The topological polar surface area (TPSA) is 31.5 Å². The van der Waals surface area contributed by atoms with Crippen molar-refractivity contribution in [3.05, 3.63) is 60.3 Å². The molecule has 0 atom stereocenters. The number of para-hydroxylation sites is 1. The molecule has 1 aliphatic heterocycles. The Morgan fingerprint density at radius 2 is 1.71 bits per heavy atom. The number of aromatic nitrogens is 1. The fourth-order valence-electron chi connectivity index (χ4n) is 3.46. The van der Waals surface area contributed by atoms with Crippen LogP contribution in [0.1, 0.15) is 5.56 Å². The fourth-order valence-corrected chi connectivity index (χ4v) is 3.46. The maximum atomic E-state index is 5.24. The summed E-state index contributed by atoms with van der Waals surface area (Å²) in [5.74, 6) is 0.914. The summed E-state index contributed by atoms with van der Waals surface area (Å²) in [6, 6.07) is 16.9. The molecule has 24 heavy (non-hydrogen) atoms. The lowest BCUT2D eigenvalue weighted by molar-refractivity contribution is 0.250. The van der Waals surface area contributed by atoms with Gasteiger partial charge in [-0.3, -0.25) is 4.90 Å². The smallest absolute Gasteiger partial charge is 0.119 e. The molecule has 1 aliphatic rings. The molecule has 1 N–H and O–H groups in total. The molecule has 0 radical (unpaired) electrons. The lowest BCUT2D eigenvalue weighted by Gasteiger charge is -2.36. The van der Waals surface area contributed by atoms with E-state index in [1.54, 1.807) is 7.11 Å². The molecule has 4 rings (SSSR count). The maximum absolute atomic E-state index is 5.24. The number of methoxy groups -OCH3 is 1. The summed E-state index contributed by atoms with van der Waals surface area (Å²) in [6.45, 7) is 5.32. The Balaban J connectivity index is 1.39. The Hall–Kier alpha value is -2.46. The lowest BCUT2D eigenvalue weighted by Crippen LogP contribution is -2.45. The van der Waals surface area contributed by atoms with E-state index in [-0.39, 0.29) is 0 Å². The SMILES string of the molecule is COc1ccc(N2CCN(Cc3c[nH]c4ccccc34)CC2)cc1. The zero-order chi connectivity index (χ0) is 16.4. The van der Waals surface area contributed by atoms with Crippen LogP contribution in [0.25, 0.3) is 10.9 Å². The molecule has 0 aliphatic carbocycles. The molecule has 0 amide bonds. The third-order valence-electron chi connectivity index (χ3n) is 4.88. The summed E-state index contributed by atoms with van der Waals surface area (Å²) >= 11 is 0. The third kappa shape index (κ3) is 2.97. The monoisotopic (exact) mass is 321 g/mol. The maximum Gasteiger partial charge on any atom is 0.119 e. The summed E-state index contributed by atoms with van der Waals surface area (Å²) in [7, 11) is 1.71. The zero-order valence-electron chi connectivity index (χ0n) is 14.0. The van der Waals surface area contributed by atoms with Crippen LogP contribution in [0, 0.1) is 0 Å². The summed E-state index contributed by atoms with van der Waals surface area (Å²) in [5, 5.41) is 1.34. The molecule has 124 valence electrons. The number of ether oxygens (including phenoxy) is 1. The molecule has 1 fully saturated rings. The van der Waals surface area contributed by atoms with Crippen LogP contribution < -0.4 is 9.64 Å². The minimum Gasteiger partial charge on any atom is -0.497 e. The van der Waals surface area contributed by atoms with Crippen LogP contribution in [0.3, 0.4) is 0 Å². The minimum absolute atomic E-state index is 0.914. The average Bonchev–Trinajstić information content (AvgIpc) is 3.06. The molecule has 1 aromatic heterocycles. The predicted molar refractivity (Wildman–Crippen MR) is 98.8 cm³/mol. The van der Waals surface area contributed by atoms with Crippen molar-refractivity contribution >= 4 is 16.6 Å². The number of H-pyrrole nitrogens is 1. The van der Waals surface area contributed by atoms with Crippen molar-refractivity contribution < 1.29 is 4.74 Å². The van der Waals surface area contributed by atoms with Crippen molar-refractivity contribution in [2.45, 2.75) is 6.54 Å². The van der Waals surface area contributed by atoms with Gasteiger partial charge in [0.05, 0.1) is 7.11 Å². The largest absolute Gasteiger partial charge is 0.497 e. The number of hydrogen-bond acceptors (Lipinski definition) is 3. The van der Waals surface area contributed by atoms with Crippen LogP contribution in [0.15, 0.2) is 54.7 Å². The van der Waals surface area contributed by atoms with Gasteiger partial charge in [0.15, 0.2) is 0 Å². The Morgan fingerprint density at radius 1 is 0.958 bits per heavy atom. The van der Waals surface area contributed by atoms with E-state index in [1.807, 2.05) is 12.1 Å². The quantitative estimate of drug-likeness (QED) is 0.798. The highest BCUT2D eigenvalue weighted by Crippen LogP contribution is 2.23. The second-order valence-corrected chi connectivity index (χ2v) is 6.32. The van der Waals surface area contributed by atoms with Gasteiger partial charge in [0.25, 0.3) is 0 Å². The number of fused-ring (bicyclic) bond motifs is 1. The predicted octanol–water partition coefficient (Wildman–Crippen LogP) is 3.50. The van der Waals surface area contributed by atoms with Gasteiger partial charge in [-0.1, -0.05) is 18.2 Å². The summed E-state index contributed by atoms with van der Waals surface area (Å²) in [6.07, 6.45) is 2.15. The molecule has 0 bridgehead atoms. The first-order chi connectivity index (χ1) is 11.8. The van der Waals surface area contributed by atoms with E-state index in [1.165, 1.54) is 22.2 Å². The van der Waals surface area contributed by atoms with Crippen LogP contribution in [0.2, 0.25) is 0 Å². The molecule has 0 saturated carbocycles. The van der Waals surface area contributed by atoms with Crippen molar-refractivity contribution in [1.29, 1.82) is 0 Å². The van der Waals surface area contributed by atoms with E-state index in [0.29, 0.717) is 0 Å². The number of benzene rings is 2. The van der Waals surface area contributed by atoms with Crippen molar-refractivity contribution in [3.63, 3.8) is 0 Å². The third-order valence-corrected chi connectivity index (χ3v) is 4.88. The van der Waals surface area contributed by atoms with Gasteiger partial charge in [0.2, 0.25) is 0 Å². The van der Waals surface area contributed by atoms with Gasteiger partial charge in [-0.15, -0.1) is 0 Å². The van der Waals surface area contributed by atoms with Crippen LogP contribution in [-0.4, -0.2) is 43.2 Å². The average molecular weight is 321 g/mol. The molecule has 4 heteroatoms. The number of rotatable bonds is 4. The molecule has 2 aromatic carbocycles. The van der Waals surface area contributed by atoms with E-state index >= 15 is 0 Å². The number of hydrogen-bond donors (Lipinski definition) is 1. The van der Waals surface area contributed by atoms with Crippen molar-refractivity contribution in [2.24, 2.45) is 0 Å². The van der Waals surface area contributed by atoms with Crippen molar-refractivity contribution in [1.82, 2.24) is 9.88 Å². The standard InChI is InChI=1S/C20H23N3O/c1-24-18-8-6-17(7-9-18)23-12-10-22(11-13-23)15-16-14-21-20-5-3-2-4-19(16)20/h2-9,14,21H,10-13,15H2,1H3. The van der Waals surface area contributed by atoms with Gasteiger partial charge in [0, 0.05) is 55.5 Å². The van der Waals surface area contributed by atoms with Crippen molar-refractivity contribution in [3.8, 4) is 5.75 Å². The van der Waals surface area contributed by atoms with Gasteiger partial charge >= 0.3 is 0 Å². The molecule has 4 nitrogen and oxygen atoms in total.